The molecule has 0 aliphatic carbocycles. The predicted octanol–water partition coefficient (Wildman–Crippen LogP) is 1.50. The van der Waals surface area contributed by atoms with Gasteiger partial charge in [0, 0.05) is 13.7 Å². The molecule has 0 amide bonds. The summed E-state index contributed by atoms with van der Waals surface area (Å²) < 4.78 is 28.9. The molecule has 0 aliphatic heterocycles. The van der Waals surface area contributed by atoms with Gasteiger partial charge < -0.3 is 9.84 Å². The summed E-state index contributed by atoms with van der Waals surface area (Å²) in [6.45, 7) is 1.86. The molecule has 0 heterocycles. The van der Waals surface area contributed by atoms with E-state index in [9.17, 15) is 13.2 Å². The Morgan fingerprint density at radius 1 is 1.39 bits per heavy atom. The van der Waals surface area contributed by atoms with Crippen molar-refractivity contribution < 1.29 is 23.1 Å². The lowest BCUT2D eigenvalue weighted by Crippen LogP contribution is -2.12. The first-order chi connectivity index (χ1) is 8.40. The molecular weight excluding hydrogens is 256 g/mol. The Morgan fingerprint density at radius 2 is 2.06 bits per heavy atom. The van der Waals surface area contributed by atoms with Gasteiger partial charge in [-0.2, -0.15) is 0 Å². The lowest BCUT2D eigenvalue weighted by molar-refractivity contribution is 0.0696. The van der Waals surface area contributed by atoms with E-state index in [1.54, 1.807) is 0 Å². The van der Waals surface area contributed by atoms with Gasteiger partial charge in [-0.3, -0.25) is 0 Å². The standard InChI is InChI=1S/C12H16O5S/c1-9-10(12(13)14)5-3-6-11(9)18(15,16)8-4-7-17-2/h3,5-6H,4,7-8H2,1-2H3,(H,13,14). The van der Waals surface area contributed by atoms with E-state index in [4.69, 9.17) is 9.84 Å². The van der Waals surface area contributed by atoms with Gasteiger partial charge in [0.25, 0.3) is 0 Å². The van der Waals surface area contributed by atoms with Crippen LogP contribution in [-0.2, 0) is 14.6 Å². The largest absolute Gasteiger partial charge is 0.478 e. The molecule has 1 aromatic rings. The van der Waals surface area contributed by atoms with Crippen molar-refractivity contribution in [3.8, 4) is 0 Å². The van der Waals surface area contributed by atoms with Crippen LogP contribution in [0.2, 0.25) is 0 Å². The molecule has 1 aromatic carbocycles. The third-order valence-electron chi connectivity index (χ3n) is 2.61. The van der Waals surface area contributed by atoms with E-state index >= 15 is 0 Å². The van der Waals surface area contributed by atoms with Crippen molar-refractivity contribution in [2.45, 2.75) is 18.2 Å². The first-order valence-electron chi connectivity index (χ1n) is 5.44. The molecule has 0 aromatic heterocycles. The highest BCUT2D eigenvalue weighted by molar-refractivity contribution is 7.91. The number of ether oxygens (including phenoxy) is 1. The van der Waals surface area contributed by atoms with Crippen molar-refractivity contribution in [1.82, 2.24) is 0 Å². The van der Waals surface area contributed by atoms with Crippen molar-refractivity contribution in [2.24, 2.45) is 0 Å². The normalized spacial score (nSPS) is 11.4. The maximum Gasteiger partial charge on any atom is 0.335 e. The zero-order chi connectivity index (χ0) is 13.8. The molecule has 0 atom stereocenters. The van der Waals surface area contributed by atoms with Crippen molar-refractivity contribution in [3.05, 3.63) is 29.3 Å². The molecule has 100 valence electrons. The summed E-state index contributed by atoms with van der Waals surface area (Å²) >= 11 is 0. The molecule has 0 unspecified atom stereocenters. The summed E-state index contributed by atoms with van der Waals surface area (Å²) in [6.07, 6.45) is 0.384. The van der Waals surface area contributed by atoms with Crippen molar-refractivity contribution in [1.29, 1.82) is 0 Å². The third-order valence-corrected chi connectivity index (χ3v) is 4.55. The Balaban J connectivity index is 3.09. The fourth-order valence-corrected chi connectivity index (χ4v) is 3.27. The van der Waals surface area contributed by atoms with E-state index in [-0.39, 0.29) is 21.8 Å². The second kappa shape index (κ2) is 5.97. The van der Waals surface area contributed by atoms with Crippen LogP contribution in [0.15, 0.2) is 23.1 Å². The summed E-state index contributed by atoms with van der Waals surface area (Å²) in [5, 5.41) is 8.96. The Bertz CT molecular complexity index is 533. The number of carbonyl (C=O) groups is 1. The first-order valence-corrected chi connectivity index (χ1v) is 7.10. The quantitative estimate of drug-likeness (QED) is 0.794. The van der Waals surface area contributed by atoms with Crippen LogP contribution in [0.1, 0.15) is 22.3 Å². The Kier molecular flexibility index (Phi) is 4.86. The van der Waals surface area contributed by atoms with Gasteiger partial charge >= 0.3 is 5.97 Å². The minimum atomic E-state index is -3.46. The van der Waals surface area contributed by atoms with E-state index < -0.39 is 15.8 Å². The Labute approximate surface area is 106 Å². The Hall–Kier alpha value is -1.40. The number of rotatable bonds is 6. The minimum Gasteiger partial charge on any atom is -0.478 e. The van der Waals surface area contributed by atoms with Gasteiger partial charge in [-0.05, 0) is 31.0 Å². The Morgan fingerprint density at radius 3 is 2.61 bits per heavy atom. The molecule has 0 fully saturated rings. The van der Waals surface area contributed by atoms with Crippen LogP contribution in [0.5, 0.6) is 0 Å². The fraction of sp³-hybridized carbons (Fsp3) is 0.417. The predicted molar refractivity (Wildman–Crippen MR) is 66.7 cm³/mol. The summed E-state index contributed by atoms with van der Waals surface area (Å²) in [7, 11) is -1.96. The van der Waals surface area contributed by atoms with Crippen LogP contribution in [0, 0.1) is 6.92 Å². The van der Waals surface area contributed by atoms with Gasteiger partial charge in [-0.25, -0.2) is 13.2 Å². The lowest BCUT2D eigenvalue weighted by atomic mass is 10.1. The van der Waals surface area contributed by atoms with Crippen LogP contribution < -0.4 is 0 Å². The maximum absolute atomic E-state index is 12.1. The van der Waals surface area contributed by atoms with Crippen LogP contribution in [-0.4, -0.2) is 39.0 Å². The molecule has 1 rings (SSSR count). The molecule has 0 spiro atoms. The molecule has 6 heteroatoms. The number of benzene rings is 1. The highest BCUT2D eigenvalue weighted by Crippen LogP contribution is 2.20. The average Bonchev–Trinajstić information content (AvgIpc) is 2.28. The summed E-state index contributed by atoms with van der Waals surface area (Å²) in [6, 6.07) is 4.27. The lowest BCUT2D eigenvalue weighted by Gasteiger charge is -2.09. The summed E-state index contributed by atoms with van der Waals surface area (Å²) in [4.78, 5) is 11.0. The minimum absolute atomic E-state index is 0.0165. The molecule has 0 saturated carbocycles. The van der Waals surface area contributed by atoms with Crippen molar-refractivity contribution in [2.75, 3.05) is 19.5 Å². The van der Waals surface area contributed by atoms with Crippen LogP contribution in [0.3, 0.4) is 0 Å². The second-order valence-electron chi connectivity index (χ2n) is 3.90. The SMILES string of the molecule is COCCCS(=O)(=O)c1cccc(C(=O)O)c1C. The number of hydrogen-bond acceptors (Lipinski definition) is 4. The van der Waals surface area contributed by atoms with E-state index in [0.29, 0.717) is 13.0 Å². The zero-order valence-electron chi connectivity index (χ0n) is 10.3. The smallest absolute Gasteiger partial charge is 0.335 e. The van der Waals surface area contributed by atoms with Gasteiger partial charge in [-0.1, -0.05) is 6.07 Å². The number of carboxylic acid groups (broad SMARTS) is 1. The topological polar surface area (TPSA) is 80.7 Å². The number of aromatic carboxylic acids is 1. The van der Waals surface area contributed by atoms with Crippen LogP contribution >= 0.6 is 0 Å². The van der Waals surface area contributed by atoms with Gasteiger partial charge in [0.05, 0.1) is 16.2 Å². The van der Waals surface area contributed by atoms with Gasteiger partial charge in [0.15, 0.2) is 9.84 Å². The highest BCUT2D eigenvalue weighted by Gasteiger charge is 2.20. The number of hydrogen-bond donors (Lipinski definition) is 1. The van der Waals surface area contributed by atoms with E-state index in [2.05, 4.69) is 0 Å². The fourth-order valence-electron chi connectivity index (χ4n) is 1.69. The molecule has 5 nitrogen and oxygen atoms in total. The molecule has 0 radical (unpaired) electrons. The molecule has 0 aliphatic rings. The van der Waals surface area contributed by atoms with Gasteiger partial charge in [0.2, 0.25) is 0 Å². The maximum atomic E-state index is 12.1. The zero-order valence-corrected chi connectivity index (χ0v) is 11.2. The molecule has 0 saturated heterocycles. The number of sulfone groups is 1. The first kappa shape index (κ1) is 14.7. The molecule has 0 bridgehead atoms. The van der Waals surface area contributed by atoms with Crippen LogP contribution in [0.25, 0.3) is 0 Å². The average molecular weight is 272 g/mol. The number of methoxy groups -OCH3 is 1. The third kappa shape index (κ3) is 3.30. The second-order valence-corrected chi connectivity index (χ2v) is 5.98. The van der Waals surface area contributed by atoms with Crippen molar-refractivity contribution in [3.63, 3.8) is 0 Å². The molecule has 18 heavy (non-hydrogen) atoms. The van der Waals surface area contributed by atoms with Gasteiger partial charge in [-0.15, -0.1) is 0 Å². The summed E-state index contributed by atoms with van der Waals surface area (Å²) in [5.41, 5.74) is 0.297. The molecule has 1 N–H and O–H groups in total. The number of carboxylic acids is 1. The van der Waals surface area contributed by atoms with E-state index in [1.807, 2.05) is 0 Å². The van der Waals surface area contributed by atoms with Crippen LogP contribution in [0.4, 0.5) is 0 Å². The van der Waals surface area contributed by atoms with Crippen molar-refractivity contribution >= 4 is 15.8 Å². The van der Waals surface area contributed by atoms with Gasteiger partial charge in [0.1, 0.15) is 0 Å². The summed E-state index contributed by atoms with van der Waals surface area (Å²) in [5.74, 6) is -1.17. The van der Waals surface area contributed by atoms with E-state index in [1.165, 1.54) is 32.2 Å². The highest BCUT2D eigenvalue weighted by atomic mass is 32.2. The monoisotopic (exact) mass is 272 g/mol. The van der Waals surface area contributed by atoms with E-state index in [0.717, 1.165) is 0 Å². The molecular formula is C12H16O5S.